The number of hydrogen-bond acceptors (Lipinski definition) is 3. The normalized spacial score (nSPS) is 19.2. The molecule has 16 heavy (non-hydrogen) atoms. The molecule has 1 aromatic rings. The van der Waals surface area contributed by atoms with E-state index in [0.717, 1.165) is 22.4 Å². The second-order valence-corrected chi connectivity index (χ2v) is 3.98. The second kappa shape index (κ2) is 4.04. The molecule has 1 aliphatic heterocycles. The van der Waals surface area contributed by atoms with Crippen molar-refractivity contribution in [1.29, 1.82) is 0 Å². The zero-order valence-electron chi connectivity index (χ0n) is 9.66. The Balaban J connectivity index is 2.42. The summed E-state index contributed by atoms with van der Waals surface area (Å²) in [6.45, 7) is 4.50. The molecular formula is C12H15NO3. The summed E-state index contributed by atoms with van der Waals surface area (Å²) in [7, 11) is 1.63. The molecule has 0 radical (unpaired) electrons. The van der Waals surface area contributed by atoms with E-state index in [-0.39, 0.29) is 12.2 Å². The number of carbonyl (C=O) groups excluding carboxylic acids is 1. The minimum Gasteiger partial charge on any atom is -0.496 e. The Bertz CT molecular complexity index is 429. The average molecular weight is 221 g/mol. The van der Waals surface area contributed by atoms with Crippen LogP contribution in [-0.2, 0) is 4.74 Å². The number of hydrogen-bond donors (Lipinski definition) is 1. The molecule has 4 heteroatoms. The van der Waals surface area contributed by atoms with Crippen LogP contribution in [0.4, 0.5) is 4.79 Å². The SMILES string of the molecule is COc1c(C)cc(C)cc1C1CNC(=O)O1. The van der Waals surface area contributed by atoms with Crippen molar-refractivity contribution in [2.75, 3.05) is 13.7 Å². The Kier molecular flexibility index (Phi) is 2.73. The topological polar surface area (TPSA) is 47.6 Å². The van der Waals surface area contributed by atoms with Crippen molar-refractivity contribution in [3.05, 3.63) is 28.8 Å². The van der Waals surface area contributed by atoms with E-state index in [1.54, 1.807) is 7.11 Å². The lowest BCUT2D eigenvalue weighted by atomic mass is 10.0. The van der Waals surface area contributed by atoms with Gasteiger partial charge in [0.2, 0.25) is 0 Å². The number of aryl methyl sites for hydroxylation is 2. The monoisotopic (exact) mass is 221 g/mol. The van der Waals surface area contributed by atoms with E-state index >= 15 is 0 Å². The zero-order valence-corrected chi connectivity index (χ0v) is 9.66. The molecule has 86 valence electrons. The number of ether oxygens (including phenoxy) is 2. The molecule has 0 saturated carbocycles. The van der Waals surface area contributed by atoms with Crippen molar-refractivity contribution in [3.8, 4) is 5.75 Å². The van der Waals surface area contributed by atoms with Crippen LogP contribution in [0.25, 0.3) is 0 Å². The molecule has 1 unspecified atom stereocenters. The molecular weight excluding hydrogens is 206 g/mol. The van der Waals surface area contributed by atoms with Crippen LogP contribution in [0.1, 0.15) is 22.8 Å². The molecule has 1 saturated heterocycles. The molecule has 4 nitrogen and oxygen atoms in total. The Morgan fingerprint density at radius 1 is 1.44 bits per heavy atom. The summed E-state index contributed by atoms with van der Waals surface area (Å²) in [5.74, 6) is 0.798. The van der Waals surface area contributed by atoms with E-state index in [0.29, 0.717) is 6.54 Å². The summed E-state index contributed by atoms with van der Waals surface area (Å²) < 4.78 is 10.5. The summed E-state index contributed by atoms with van der Waals surface area (Å²) in [4.78, 5) is 11.0. The highest BCUT2D eigenvalue weighted by molar-refractivity contribution is 5.70. The molecule has 1 aliphatic rings. The van der Waals surface area contributed by atoms with Crippen molar-refractivity contribution in [3.63, 3.8) is 0 Å². The molecule has 1 fully saturated rings. The summed E-state index contributed by atoms with van der Waals surface area (Å²) in [6, 6.07) is 4.04. The Hall–Kier alpha value is -1.71. The number of amides is 1. The number of methoxy groups -OCH3 is 1. The zero-order chi connectivity index (χ0) is 11.7. The van der Waals surface area contributed by atoms with Crippen LogP contribution in [0.2, 0.25) is 0 Å². The van der Waals surface area contributed by atoms with Crippen molar-refractivity contribution in [2.45, 2.75) is 20.0 Å². The van der Waals surface area contributed by atoms with Crippen LogP contribution in [0.5, 0.6) is 5.75 Å². The van der Waals surface area contributed by atoms with Gasteiger partial charge in [-0.3, -0.25) is 0 Å². The van der Waals surface area contributed by atoms with Crippen LogP contribution < -0.4 is 10.1 Å². The first-order chi connectivity index (χ1) is 7.61. The molecule has 2 rings (SSSR count). The van der Waals surface area contributed by atoms with Gasteiger partial charge in [0.25, 0.3) is 0 Å². The largest absolute Gasteiger partial charge is 0.496 e. The third kappa shape index (κ3) is 1.83. The molecule has 1 amide bonds. The molecule has 1 heterocycles. The first-order valence-corrected chi connectivity index (χ1v) is 5.21. The van der Waals surface area contributed by atoms with Crippen LogP contribution >= 0.6 is 0 Å². The van der Waals surface area contributed by atoms with E-state index in [1.165, 1.54) is 0 Å². The van der Waals surface area contributed by atoms with E-state index in [1.807, 2.05) is 26.0 Å². The summed E-state index contributed by atoms with van der Waals surface area (Å²) in [5, 5.41) is 2.64. The first kappa shape index (κ1) is 10.8. The molecule has 1 N–H and O–H groups in total. The molecule has 0 aliphatic carbocycles. The van der Waals surface area contributed by atoms with Crippen molar-refractivity contribution in [1.82, 2.24) is 5.32 Å². The lowest BCUT2D eigenvalue weighted by Gasteiger charge is -2.16. The van der Waals surface area contributed by atoms with Gasteiger partial charge in [0, 0.05) is 5.56 Å². The first-order valence-electron chi connectivity index (χ1n) is 5.21. The Labute approximate surface area is 94.6 Å². The lowest BCUT2D eigenvalue weighted by molar-refractivity contribution is 0.139. The number of alkyl carbamates (subject to hydrolysis) is 1. The Morgan fingerprint density at radius 2 is 2.19 bits per heavy atom. The van der Waals surface area contributed by atoms with Gasteiger partial charge in [-0.25, -0.2) is 4.79 Å². The fourth-order valence-corrected chi connectivity index (χ4v) is 2.07. The van der Waals surface area contributed by atoms with Gasteiger partial charge >= 0.3 is 6.09 Å². The number of nitrogens with one attached hydrogen (secondary N) is 1. The maximum Gasteiger partial charge on any atom is 0.407 e. The van der Waals surface area contributed by atoms with Gasteiger partial charge in [0.1, 0.15) is 11.9 Å². The van der Waals surface area contributed by atoms with Gasteiger partial charge in [-0.1, -0.05) is 11.6 Å². The van der Waals surface area contributed by atoms with Crippen LogP contribution in [-0.4, -0.2) is 19.7 Å². The lowest BCUT2D eigenvalue weighted by Crippen LogP contribution is -2.12. The molecule has 1 atom stereocenters. The molecule has 0 aromatic heterocycles. The molecule has 0 bridgehead atoms. The summed E-state index contributed by atoms with van der Waals surface area (Å²) in [6.07, 6.45) is -0.618. The van der Waals surface area contributed by atoms with E-state index in [4.69, 9.17) is 9.47 Å². The van der Waals surface area contributed by atoms with Gasteiger partial charge in [0.05, 0.1) is 13.7 Å². The fourth-order valence-electron chi connectivity index (χ4n) is 2.07. The van der Waals surface area contributed by atoms with Crippen molar-refractivity contribution in [2.24, 2.45) is 0 Å². The highest BCUT2D eigenvalue weighted by Gasteiger charge is 2.27. The fraction of sp³-hybridized carbons (Fsp3) is 0.417. The standard InChI is InChI=1S/C12H15NO3/c1-7-4-8(2)11(15-3)9(5-7)10-6-13-12(14)16-10/h4-5,10H,6H2,1-3H3,(H,13,14). The third-order valence-corrected chi connectivity index (χ3v) is 2.68. The van der Waals surface area contributed by atoms with Gasteiger partial charge in [-0.2, -0.15) is 0 Å². The predicted molar refractivity (Wildman–Crippen MR) is 59.7 cm³/mol. The van der Waals surface area contributed by atoms with E-state index in [9.17, 15) is 4.79 Å². The summed E-state index contributed by atoms with van der Waals surface area (Å²) >= 11 is 0. The second-order valence-electron chi connectivity index (χ2n) is 3.98. The minimum absolute atomic E-state index is 0.249. The molecule has 1 aromatic carbocycles. The smallest absolute Gasteiger partial charge is 0.407 e. The maximum absolute atomic E-state index is 11.0. The number of benzene rings is 1. The van der Waals surface area contributed by atoms with Gasteiger partial charge in [-0.15, -0.1) is 0 Å². The van der Waals surface area contributed by atoms with Gasteiger partial charge in [0.15, 0.2) is 0 Å². The Morgan fingerprint density at radius 3 is 2.75 bits per heavy atom. The number of cyclic esters (lactones) is 1. The van der Waals surface area contributed by atoms with E-state index < -0.39 is 0 Å². The van der Waals surface area contributed by atoms with Gasteiger partial charge in [-0.05, 0) is 25.5 Å². The predicted octanol–water partition coefficient (Wildman–Crippen LogP) is 2.09. The highest BCUT2D eigenvalue weighted by atomic mass is 16.6. The van der Waals surface area contributed by atoms with Crippen LogP contribution in [0.15, 0.2) is 12.1 Å². The molecule has 0 spiro atoms. The van der Waals surface area contributed by atoms with Crippen LogP contribution in [0.3, 0.4) is 0 Å². The van der Waals surface area contributed by atoms with Crippen molar-refractivity contribution < 1.29 is 14.3 Å². The quantitative estimate of drug-likeness (QED) is 0.831. The maximum atomic E-state index is 11.0. The van der Waals surface area contributed by atoms with Gasteiger partial charge < -0.3 is 14.8 Å². The average Bonchev–Trinajstić information content (AvgIpc) is 2.63. The summed E-state index contributed by atoms with van der Waals surface area (Å²) in [5.41, 5.74) is 3.12. The van der Waals surface area contributed by atoms with Crippen molar-refractivity contribution >= 4 is 6.09 Å². The third-order valence-electron chi connectivity index (χ3n) is 2.68. The minimum atomic E-state index is -0.369. The van der Waals surface area contributed by atoms with Crippen LogP contribution in [0, 0.1) is 13.8 Å². The number of carbonyl (C=O) groups is 1. The number of rotatable bonds is 2. The highest BCUT2D eigenvalue weighted by Crippen LogP contribution is 2.33. The van der Waals surface area contributed by atoms with E-state index in [2.05, 4.69) is 5.32 Å².